The van der Waals surface area contributed by atoms with Crippen LogP contribution in [0.15, 0.2) is 47.1 Å². The molecule has 0 amide bonds. The number of Topliss-reactive ketones (excluding diaryl/α,β-unsaturated/α-hetero) is 1. The predicted octanol–water partition coefficient (Wildman–Crippen LogP) is 4.97. The van der Waals surface area contributed by atoms with E-state index in [9.17, 15) is 4.79 Å². The van der Waals surface area contributed by atoms with Gasteiger partial charge in [-0.25, -0.2) is 0 Å². The Kier molecular flexibility index (Phi) is 5.00. The molecule has 0 saturated carbocycles. The Morgan fingerprint density at radius 1 is 1.20 bits per heavy atom. The van der Waals surface area contributed by atoms with Crippen LogP contribution in [-0.4, -0.2) is 17.0 Å². The van der Waals surface area contributed by atoms with Gasteiger partial charge >= 0.3 is 0 Å². The Balaban J connectivity index is 1.72. The highest BCUT2D eigenvalue weighted by molar-refractivity contribution is 6.31. The first kappa shape index (κ1) is 17.4. The summed E-state index contributed by atoms with van der Waals surface area (Å²) >= 11 is 6.01. The maximum absolute atomic E-state index is 12.6. The van der Waals surface area contributed by atoms with Crippen LogP contribution in [0.4, 0.5) is 0 Å². The van der Waals surface area contributed by atoms with Gasteiger partial charge in [-0.3, -0.25) is 4.79 Å². The zero-order chi connectivity index (χ0) is 18.0. The second-order valence-electron chi connectivity index (χ2n) is 6.07. The minimum absolute atomic E-state index is 0.00782. The first-order valence-corrected chi connectivity index (χ1v) is 8.44. The fraction of sp³-hybridized carbons (Fsp3) is 0.250. The molecule has 4 nitrogen and oxygen atoms in total. The highest BCUT2D eigenvalue weighted by Crippen LogP contribution is 2.22. The van der Waals surface area contributed by atoms with E-state index in [1.54, 1.807) is 18.4 Å². The van der Waals surface area contributed by atoms with Crippen LogP contribution in [0.25, 0.3) is 0 Å². The van der Waals surface area contributed by atoms with Crippen molar-refractivity contribution in [3.63, 3.8) is 0 Å². The average molecular weight is 358 g/mol. The van der Waals surface area contributed by atoms with Crippen molar-refractivity contribution < 1.29 is 13.9 Å². The van der Waals surface area contributed by atoms with E-state index in [1.807, 2.05) is 45.0 Å². The lowest BCUT2D eigenvalue weighted by Crippen LogP contribution is -2.13. The number of carbonyl (C=O) groups excluding carboxylic acids is 1. The van der Waals surface area contributed by atoms with Crippen LogP contribution in [0.1, 0.15) is 33.1 Å². The van der Waals surface area contributed by atoms with Crippen LogP contribution in [-0.2, 0) is 6.54 Å². The largest absolute Gasteiger partial charge is 0.485 e. The highest BCUT2D eigenvalue weighted by Gasteiger charge is 2.17. The number of aryl methyl sites for hydroxylation is 2. The molecule has 0 bridgehead atoms. The van der Waals surface area contributed by atoms with Crippen molar-refractivity contribution in [2.45, 2.75) is 27.3 Å². The molecule has 0 aliphatic carbocycles. The molecule has 130 valence electrons. The van der Waals surface area contributed by atoms with Gasteiger partial charge in [0, 0.05) is 22.0 Å². The summed E-state index contributed by atoms with van der Waals surface area (Å²) in [6, 6.07) is 11.0. The number of carbonyl (C=O) groups is 1. The standard InChI is InChI=1S/C20H20ClNO3/c1-13-9-16(6-7-19(13)21)25-12-20(23)18-10-14(2)22(15(18)3)11-17-5-4-8-24-17/h4-10H,11-12H2,1-3H3. The fourth-order valence-corrected chi connectivity index (χ4v) is 2.94. The molecule has 1 aromatic carbocycles. The third kappa shape index (κ3) is 3.80. The Hall–Kier alpha value is -2.46. The van der Waals surface area contributed by atoms with Gasteiger partial charge in [0.25, 0.3) is 0 Å². The summed E-state index contributed by atoms with van der Waals surface area (Å²) in [5.74, 6) is 1.44. The first-order chi connectivity index (χ1) is 12.0. The lowest BCUT2D eigenvalue weighted by Gasteiger charge is -2.09. The smallest absolute Gasteiger partial charge is 0.202 e. The molecule has 0 radical (unpaired) electrons. The van der Waals surface area contributed by atoms with Gasteiger partial charge in [0.05, 0.1) is 12.8 Å². The molecule has 0 spiro atoms. The van der Waals surface area contributed by atoms with Crippen LogP contribution < -0.4 is 4.74 Å². The molecule has 0 aliphatic heterocycles. The SMILES string of the molecule is Cc1cc(OCC(=O)c2cc(C)n(Cc3ccco3)c2C)ccc1Cl. The van der Waals surface area contributed by atoms with Crippen molar-refractivity contribution in [1.29, 1.82) is 0 Å². The van der Waals surface area contributed by atoms with Gasteiger partial charge in [0.15, 0.2) is 6.61 Å². The van der Waals surface area contributed by atoms with Gasteiger partial charge in [-0.2, -0.15) is 0 Å². The van der Waals surface area contributed by atoms with Crippen molar-refractivity contribution in [2.24, 2.45) is 0 Å². The van der Waals surface area contributed by atoms with E-state index in [2.05, 4.69) is 4.57 Å². The van der Waals surface area contributed by atoms with Gasteiger partial charge in [-0.15, -0.1) is 0 Å². The van der Waals surface area contributed by atoms with E-state index < -0.39 is 0 Å². The maximum Gasteiger partial charge on any atom is 0.202 e. The number of nitrogens with zero attached hydrogens (tertiary/aromatic N) is 1. The number of ether oxygens (including phenoxy) is 1. The number of hydrogen-bond acceptors (Lipinski definition) is 3. The third-order valence-electron chi connectivity index (χ3n) is 4.27. The molecule has 3 rings (SSSR count). The maximum atomic E-state index is 12.6. The van der Waals surface area contributed by atoms with Crippen LogP contribution >= 0.6 is 11.6 Å². The summed E-state index contributed by atoms with van der Waals surface area (Å²) in [4.78, 5) is 12.6. The Morgan fingerprint density at radius 3 is 2.68 bits per heavy atom. The number of rotatable bonds is 6. The molecular formula is C20H20ClNO3. The highest BCUT2D eigenvalue weighted by atomic mass is 35.5. The number of halogens is 1. The molecule has 0 saturated heterocycles. The topological polar surface area (TPSA) is 44.4 Å². The summed E-state index contributed by atoms with van der Waals surface area (Å²) in [7, 11) is 0. The Labute approximate surface area is 152 Å². The zero-order valence-electron chi connectivity index (χ0n) is 14.5. The van der Waals surface area contributed by atoms with Crippen molar-refractivity contribution >= 4 is 17.4 Å². The summed E-state index contributed by atoms with van der Waals surface area (Å²) in [5, 5.41) is 0.681. The van der Waals surface area contributed by atoms with Gasteiger partial charge < -0.3 is 13.7 Å². The van der Waals surface area contributed by atoms with E-state index in [1.165, 1.54) is 0 Å². The minimum Gasteiger partial charge on any atom is -0.485 e. The minimum atomic E-state index is -0.0496. The Bertz CT molecular complexity index is 894. The molecule has 5 heteroatoms. The molecule has 0 aliphatic rings. The zero-order valence-corrected chi connectivity index (χ0v) is 15.3. The van der Waals surface area contributed by atoms with E-state index in [0.29, 0.717) is 22.9 Å². The molecule has 0 fully saturated rings. The molecule has 0 unspecified atom stereocenters. The van der Waals surface area contributed by atoms with Crippen molar-refractivity contribution in [2.75, 3.05) is 6.61 Å². The van der Waals surface area contributed by atoms with Gasteiger partial charge in [-0.1, -0.05) is 11.6 Å². The predicted molar refractivity (Wildman–Crippen MR) is 97.7 cm³/mol. The van der Waals surface area contributed by atoms with Gasteiger partial charge in [-0.05, 0) is 62.7 Å². The normalized spacial score (nSPS) is 10.9. The van der Waals surface area contributed by atoms with Crippen LogP contribution in [0.5, 0.6) is 5.75 Å². The average Bonchev–Trinajstić information content (AvgIpc) is 3.19. The molecular weight excluding hydrogens is 338 g/mol. The number of benzene rings is 1. The second kappa shape index (κ2) is 7.19. The molecule has 2 aromatic heterocycles. The van der Waals surface area contributed by atoms with Gasteiger partial charge in [0.1, 0.15) is 11.5 Å². The number of ketones is 1. The molecule has 3 aromatic rings. The second-order valence-corrected chi connectivity index (χ2v) is 6.48. The Morgan fingerprint density at radius 2 is 2.00 bits per heavy atom. The number of hydrogen-bond donors (Lipinski definition) is 0. The first-order valence-electron chi connectivity index (χ1n) is 8.07. The van der Waals surface area contributed by atoms with E-state index >= 15 is 0 Å². The van der Waals surface area contributed by atoms with Crippen molar-refractivity contribution in [3.05, 3.63) is 76.0 Å². The monoisotopic (exact) mass is 357 g/mol. The van der Waals surface area contributed by atoms with E-state index in [0.717, 1.165) is 22.7 Å². The quantitative estimate of drug-likeness (QED) is 0.585. The van der Waals surface area contributed by atoms with E-state index in [-0.39, 0.29) is 12.4 Å². The van der Waals surface area contributed by atoms with E-state index in [4.69, 9.17) is 20.8 Å². The van der Waals surface area contributed by atoms with Gasteiger partial charge in [0.2, 0.25) is 5.78 Å². The summed E-state index contributed by atoms with van der Waals surface area (Å²) < 4.78 is 13.1. The van der Waals surface area contributed by atoms with Crippen molar-refractivity contribution in [3.8, 4) is 5.75 Å². The molecule has 25 heavy (non-hydrogen) atoms. The third-order valence-corrected chi connectivity index (χ3v) is 4.69. The summed E-state index contributed by atoms with van der Waals surface area (Å²) in [6.07, 6.45) is 1.65. The fourth-order valence-electron chi connectivity index (χ4n) is 2.82. The lowest BCUT2D eigenvalue weighted by molar-refractivity contribution is 0.0920. The van der Waals surface area contributed by atoms with Crippen LogP contribution in [0.3, 0.4) is 0 Å². The molecule has 0 atom stereocenters. The summed E-state index contributed by atoms with van der Waals surface area (Å²) in [5.41, 5.74) is 3.52. The summed E-state index contributed by atoms with van der Waals surface area (Å²) in [6.45, 7) is 6.42. The van der Waals surface area contributed by atoms with Crippen molar-refractivity contribution in [1.82, 2.24) is 4.57 Å². The number of aromatic nitrogens is 1. The number of furan rings is 1. The molecule has 0 N–H and O–H groups in total. The lowest BCUT2D eigenvalue weighted by atomic mass is 10.1. The molecule has 2 heterocycles. The van der Waals surface area contributed by atoms with Crippen LogP contribution in [0.2, 0.25) is 5.02 Å². The van der Waals surface area contributed by atoms with Crippen LogP contribution in [0, 0.1) is 20.8 Å².